The summed E-state index contributed by atoms with van der Waals surface area (Å²) in [7, 11) is 1.49. The van der Waals surface area contributed by atoms with Crippen LogP contribution in [-0.2, 0) is 23.9 Å². The molecule has 1 aliphatic heterocycles. The van der Waals surface area contributed by atoms with Gasteiger partial charge < -0.3 is 14.8 Å². The number of imide groups is 1. The summed E-state index contributed by atoms with van der Waals surface area (Å²) in [6, 6.07) is 4.21. The molecule has 3 atom stereocenters. The van der Waals surface area contributed by atoms with E-state index in [4.69, 9.17) is 9.47 Å². The highest BCUT2D eigenvalue weighted by atomic mass is 16.5. The average Bonchev–Trinajstić information content (AvgIpc) is 2.96. The second-order valence-corrected chi connectivity index (χ2v) is 7.24. The monoisotopic (exact) mass is 400 g/mol. The summed E-state index contributed by atoms with van der Waals surface area (Å²) < 4.78 is 10.2. The minimum atomic E-state index is -1.08. The van der Waals surface area contributed by atoms with E-state index in [-0.39, 0.29) is 11.8 Å². The highest BCUT2D eigenvalue weighted by Crippen LogP contribution is 2.36. The molecule has 0 saturated carbocycles. The van der Waals surface area contributed by atoms with E-state index in [9.17, 15) is 19.2 Å². The third-order valence-electron chi connectivity index (χ3n) is 5.24. The van der Waals surface area contributed by atoms with Crippen molar-refractivity contribution in [2.24, 2.45) is 11.8 Å². The number of ether oxygens (including phenoxy) is 2. The van der Waals surface area contributed by atoms with Crippen LogP contribution in [0.2, 0.25) is 0 Å². The lowest BCUT2D eigenvalue weighted by Gasteiger charge is -2.21. The van der Waals surface area contributed by atoms with Gasteiger partial charge in [0.25, 0.3) is 5.91 Å². The van der Waals surface area contributed by atoms with Crippen molar-refractivity contribution >= 4 is 29.4 Å². The van der Waals surface area contributed by atoms with Gasteiger partial charge in [-0.15, -0.1) is 0 Å². The zero-order valence-corrected chi connectivity index (χ0v) is 16.6. The number of methoxy groups -OCH3 is 1. The summed E-state index contributed by atoms with van der Waals surface area (Å²) in [5.74, 6) is -2.42. The van der Waals surface area contributed by atoms with E-state index in [1.165, 1.54) is 14.0 Å². The predicted octanol–water partition coefficient (Wildman–Crippen LogP) is 1.83. The zero-order valence-electron chi connectivity index (χ0n) is 16.6. The first kappa shape index (κ1) is 20.6. The van der Waals surface area contributed by atoms with Crippen molar-refractivity contribution in [2.75, 3.05) is 19.0 Å². The molecule has 0 unspecified atom stereocenters. The Kier molecular flexibility index (Phi) is 6.00. The molecule has 1 aromatic rings. The second kappa shape index (κ2) is 8.46. The van der Waals surface area contributed by atoms with E-state index < -0.39 is 36.4 Å². The molecule has 3 rings (SSSR count). The molecule has 8 heteroatoms. The van der Waals surface area contributed by atoms with Gasteiger partial charge in [-0.3, -0.25) is 19.3 Å². The van der Waals surface area contributed by atoms with Crippen LogP contribution < -0.4 is 10.1 Å². The minimum absolute atomic E-state index is 0.359. The normalized spacial score (nSPS) is 21.6. The van der Waals surface area contributed by atoms with E-state index in [0.29, 0.717) is 24.3 Å². The minimum Gasteiger partial charge on any atom is -0.495 e. The van der Waals surface area contributed by atoms with E-state index in [2.05, 4.69) is 5.32 Å². The van der Waals surface area contributed by atoms with Gasteiger partial charge >= 0.3 is 5.97 Å². The fourth-order valence-electron chi connectivity index (χ4n) is 3.68. The zero-order chi connectivity index (χ0) is 21.1. The number of amides is 3. The molecule has 1 aliphatic carbocycles. The number of carbonyl (C=O) groups excluding carboxylic acids is 4. The smallest absolute Gasteiger partial charge is 0.329 e. The van der Waals surface area contributed by atoms with E-state index >= 15 is 0 Å². The number of hydrogen-bond donors (Lipinski definition) is 1. The molecule has 2 aliphatic rings. The van der Waals surface area contributed by atoms with Crippen LogP contribution in [0.5, 0.6) is 5.75 Å². The average molecular weight is 400 g/mol. The van der Waals surface area contributed by atoms with E-state index in [0.717, 1.165) is 10.5 Å². The Balaban J connectivity index is 1.58. The largest absolute Gasteiger partial charge is 0.495 e. The second-order valence-electron chi connectivity index (χ2n) is 7.24. The molecule has 1 N–H and O–H groups in total. The Bertz CT molecular complexity index is 852. The Hall–Kier alpha value is -3.16. The number of aryl methyl sites for hydroxylation is 1. The first-order valence-corrected chi connectivity index (χ1v) is 9.46. The topological polar surface area (TPSA) is 102 Å². The Morgan fingerprint density at radius 3 is 2.38 bits per heavy atom. The fraction of sp³-hybridized carbons (Fsp3) is 0.429. The SMILES string of the molecule is COc1ccc(C)cc1NC(=O)COC(=O)[C@H](C)N1C(=O)[C@@H]2CC=CC[C@H]2C1=O. The molecule has 0 bridgehead atoms. The van der Waals surface area contributed by atoms with Crippen LogP contribution in [0, 0.1) is 18.8 Å². The summed E-state index contributed by atoms with van der Waals surface area (Å²) in [6.07, 6.45) is 4.74. The number of carbonyl (C=O) groups is 4. The van der Waals surface area contributed by atoms with Gasteiger partial charge in [0.15, 0.2) is 6.61 Å². The molecule has 0 spiro atoms. The maximum atomic E-state index is 12.5. The number of nitrogens with zero attached hydrogens (tertiary/aromatic N) is 1. The molecule has 0 radical (unpaired) electrons. The molecule has 8 nitrogen and oxygen atoms in total. The third kappa shape index (κ3) is 4.16. The number of likely N-dealkylation sites (tertiary alicyclic amines) is 1. The maximum absolute atomic E-state index is 12.5. The standard InChI is InChI=1S/C21H24N2O6/c1-12-8-9-17(28-3)16(10-12)22-18(24)11-29-21(27)13(2)23-19(25)14-6-4-5-7-15(14)20(23)26/h4-5,8-10,13-15H,6-7,11H2,1-3H3,(H,22,24)/t13-,14+,15+/m0/s1. The summed E-state index contributed by atoms with van der Waals surface area (Å²) in [5.41, 5.74) is 1.39. The molecule has 1 heterocycles. The fourth-order valence-corrected chi connectivity index (χ4v) is 3.68. The van der Waals surface area contributed by atoms with Crippen molar-refractivity contribution < 1.29 is 28.7 Å². The van der Waals surface area contributed by atoms with Crippen LogP contribution in [0.4, 0.5) is 5.69 Å². The van der Waals surface area contributed by atoms with E-state index in [1.54, 1.807) is 12.1 Å². The number of nitrogens with one attached hydrogen (secondary N) is 1. The molecular formula is C21H24N2O6. The number of allylic oxidation sites excluding steroid dienone is 2. The molecule has 29 heavy (non-hydrogen) atoms. The summed E-state index contributed by atoms with van der Waals surface area (Å²) >= 11 is 0. The van der Waals surface area contributed by atoms with Crippen LogP contribution in [0.1, 0.15) is 25.3 Å². The van der Waals surface area contributed by atoms with Crippen LogP contribution >= 0.6 is 0 Å². The highest BCUT2D eigenvalue weighted by molar-refractivity contribution is 6.08. The van der Waals surface area contributed by atoms with Crippen molar-refractivity contribution in [3.8, 4) is 5.75 Å². The van der Waals surface area contributed by atoms with Crippen LogP contribution in [-0.4, -0.2) is 48.3 Å². The molecule has 3 amide bonds. The summed E-state index contributed by atoms with van der Waals surface area (Å²) in [5, 5.41) is 2.63. The molecule has 154 valence electrons. The Morgan fingerprint density at radius 2 is 1.79 bits per heavy atom. The first-order chi connectivity index (χ1) is 13.8. The number of benzene rings is 1. The Labute approximate surface area is 168 Å². The van der Waals surface area contributed by atoms with Gasteiger partial charge in [-0.2, -0.15) is 0 Å². The van der Waals surface area contributed by atoms with Crippen LogP contribution in [0.3, 0.4) is 0 Å². The van der Waals surface area contributed by atoms with Crippen LogP contribution in [0.15, 0.2) is 30.4 Å². The van der Waals surface area contributed by atoms with Gasteiger partial charge in [0.1, 0.15) is 11.8 Å². The van der Waals surface area contributed by atoms with Gasteiger partial charge in [0, 0.05) is 0 Å². The molecule has 1 fully saturated rings. The summed E-state index contributed by atoms with van der Waals surface area (Å²) in [6.45, 7) is 2.77. The highest BCUT2D eigenvalue weighted by Gasteiger charge is 2.50. The van der Waals surface area contributed by atoms with Gasteiger partial charge in [-0.1, -0.05) is 18.2 Å². The van der Waals surface area contributed by atoms with Gasteiger partial charge in [-0.25, -0.2) is 4.79 Å². The number of anilines is 1. The van der Waals surface area contributed by atoms with Crippen molar-refractivity contribution in [3.05, 3.63) is 35.9 Å². The van der Waals surface area contributed by atoms with Gasteiger partial charge in [-0.05, 0) is 44.4 Å². The van der Waals surface area contributed by atoms with Gasteiger partial charge in [0.05, 0.1) is 24.6 Å². The van der Waals surface area contributed by atoms with Crippen molar-refractivity contribution in [1.82, 2.24) is 4.90 Å². The number of fused-ring (bicyclic) bond motifs is 1. The lowest BCUT2D eigenvalue weighted by Crippen LogP contribution is -2.45. The maximum Gasteiger partial charge on any atom is 0.329 e. The third-order valence-corrected chi connectivity index (χ3v) is 5.24. The molecule has 1 aromatic carbocycles. The quantitative estimate of drug-likeness (QED) is 0.444. The summed E-state index contributed by atoms with van der Waals surface area (Å²) in [4.78, 5) is 50.6. The Morgan fingerprint density at radius 1 is 1.17 bits per heavy atom. The number of hydrogen-bond acceptors (Lipinski definition) is 6. The molecular weight excluding hydrogens is 376 g/mol. The molecule has 0 aromatic heterocycles. The predicted molar refractivity (Wildman–Crippen MR) is 104 cm³/mol. The number of rotatable bonds is 6. The van der Waals surface area contributed by atoms with Gasteiger partial charge in [0.2, 0.25) is 11.8 Å². The van der Waals surface area contributed by atoms with Crippen molar-refractivity contribution in [1.29, 1.82) is 0 Å². The van der Waals surface area contributed by atoms with Crippen molar-refractivity contribution in [2.45, 2.75) is 32.7 Å². The lowest BCUT2D eigenvalue weighted by atomic mass is 9.85. The lowest BCUT2D eigenvalue weighted by molar-refractivity contribution is -0.159. The van der Waals surface area contributed by atoms with E-state index in [1.807, 2.05) is 25.1 Å². The van der Waals surface area contributed by atoms with Crippen molar-refractivity contribution in [3.63, 3.8) is 0 Å². The molecule has 1 saturated heterocycles. The number of esters is 1. The first-order valence-electron chi connectivity index (χ1n) is 9.46. The van der Waals surface area contributed by atoms with Crippen LogP contribution in [0.25, 0.3) is 0 Å².